The van der Waals surface area contributed by atoms with Crippen molar-refractivity contribution in [1.82, 2.24) is 4.90 Å². The van der Waals surface area contributed by atoms with Gasteiger partial charge >= 0.3 is 0 Å². The Labute approximate surface area is 223 Å². The van der Waals surface area contributed by atoms with E-state index in [-0.39, 0.29) is 18.7 Å². The number of nitrogens with zero attached hydrogens (tertiary/aromatic N) is 3. The Morgan fingerprint density at radius 3 is 2.36 bits per heavy atom. The standard InChI is InChI=1S/C29H31Cl2N3O2/c1-20(21-7-11-24(32-4)12-8-21)33-15-16-34(28(18-33)22-5-9-23(30)10-6-22)27-14-13-25(17-26(27)31)36-19-29(2,3)35/h5-14,17,20,28,35H,15-16,18-19H2,1-3H3/t20-,28+/m1/s1. The third kappa shape index (κ3) is 6.32. The van der Waals surface area contributed by atoms with Gasteiger partial charge in [0, 0.05) is 36.8 Å². The van der Waals surface area contributed by atoms with Gasteiger partial charge in [-0.25, -0.2) is 4.85 Å². The van der Waals surface area contributed by atoms with Gasteiger partial charge in [0.05, 0.1) is 28.9 Å². The Hall–Kier alpha value is -2.75. The molecule has 0 unspecified atom stereocenters. The first-order chi connectivity index (χ1) is 17.1. The van der Waals surface area contributed by atoms with Gasteiger partial charge in [0.1, 0.15) is 12.4 Å². The summed E-state index contributed by atoms with van der Waals surface area (Å²) in [5.74, 6) is 0.629. The van der Waals surface area contributed by atoms with Gasteiger partial charge < -0.3 is 14.7 Å². The van der Waals surface area contributed by atoms with Crippen LogP contribution in [-0.4, -0.2) is 41.8 Å². The fourth-order valence-electron chi connectivity index (χ4n) is 4.52. The number of halogens is 2. The molecule has 0 bridgehead atoms. The topological polar surface area (TPSA) is 40.3 Å². The highest BCUT2D eigenvalue weighted by atomic mass is 35.5. The van der Waals surface area contributed by atoms with E-state index in [1.54, 1.807) is 13.8 Å². The van der Waals surface area contributed by atoms with Crippen molar-refractivity contribution in [2.75, 3.05) is 31.1 Å². The molecule has 5 nitrogen and oxygen atoms in total. The minimum absolute atomic E-state index is 0.0709. The van der Waals surface area contributed by atoms with Gasteiger partial charge in [0.15, 0.2) is 5.69 Å². The summed E-state index contributed by atoms with van der Waals surface area (Å²) < 4.78 is 5.74. The molecule has 1 aliphatic rings. The Bertz CT molecular complexity index is 1220. The first-order valence-corrected chi connectivity index (χ1v) is 12.8. The zero-order valence-corrected chi connectivity index (χ0v) is 22.3. The minimum Gasteiger partial charge on any atom is -0.491 e. The van der Waals surface area contributed by atoms with Crippen molar-refractivity contribution in [3.8, 4) is 5.75 Å². The van der Waals surface area contributed by atoms with Gasteiger partial charge in [0.25, 0.3) is 0 Å². The molecule has 1 aliphatic heterocycles. The second-order valence-corrected chi connectivity index (χ2v) is 10.7. The van der Waals surface area contributed by atoms with Crippen LogP contribution in [0.1, 0.15) is 44.0 Å². The summed E-state index contributed by atoms with van der Waals surface area (Å²) in [6.45, 7) is 15.5. The van der Waals surface area contributed by atoms with Crippen LogP contribution < -0.4 is 9.64 Å². The van der Waals surface area contributed by atoms with Crippen LogP contribution in [0.15, 0.2) is 66.7 Å². The highest BCUT2D eigenvalue weighted by molar-refractivity contribution is 6.33. The van der Waals surface area contributed by atoms with Crippen molar-refractivity contribution in [2.24, 2.45) is 0 Å². The number of piperazine rings is 1. The van der Waals surface area contributed by atoms with Gasteiger partial charge in [0.2, 0.25) is 0 Å². The molecule has 2 atom stereocenters. The first kappa shape index (κ1) is 26.3. The van der Waals surface area contributed by atoms with E-state index in [1.165, 1.54) is 5.56 Å². The highest BCUT2D eigenvalue weighted by Gasteiger charge is 2.32. The van der Waals surface area contributed by atoms with Crippen LogP contribution in [0.4, 0.5) is 11.4 Å². The van der Waals surface area contributed by atoms with Crippen molar-refractivity contribution in [3.63, 3.8) is 0 Å². The summed E-state index contributed by atoms with van der Waals surface area (Å²) in [5.41, 5.74) is 3.03. The molecule has 1 fully saturated rings. The van der Waals surface area contributed by atoms with Crippen LogP contribution in [0.5, 0.6) is 5.75 Å². The third-order valence-electron chi connectivity index (χ3n) is 6.54. The van der Waals surface area contributed by atoms with Crippen molar-refractivity contribution >= 4 is 34.6 Å². The van der Waals surface area contributed by atoms with Crippen molar-refractivity contribution in [3.05, 3.63) is 99.3 Å². The Balaban J connectivity index is 1.60. The predicted octanol–water partition coefficient (Wildman–Crippen LogP) is 7.32. The maximum absolute atomic E-state index is 9.97. The third-order valence-corrected chi connectivity index (χ3v) is 7.09. The molecule has 0 radical (unpaired) electrons. The molecule has 3 aromatic rings. The molecule has 3 aromatic carbocycles. The van der Waals surface area contributed by atoms with Gasteiger partial charge in [-0.2, -0.15) is 0 Å². The van der Waals surface area contributed by atoms with E-state index in [1.807, 2.05) is 54.6 Å². The number of rotatable bonds is 7. The van der Waals surface area contributed by atoms with Crippen molar-refractivity contribution < 1.29 is 9.84 Å². The van der Waals surface area contributed by atoms with Gasteiger partial charge in [-0.3, -0.25) is 4.90 Å². The summed E-state index contributed by atoms with van der Waals surface area (Å²) in [7, 11) is 0. The fourth-order valence-corrected chi connectivity index (χ4v) is 4.93. The number of anilines is 1. The Morgan fingerprint density at radius 1 is 1.06 bits per heavy atom. The van der Waals surface area contributed by atoms with Gasteiger partial charge in [-0.1, -0.05) is 59.6 Å². The minimum atomic E-state index is -0.922. The Morgan fingerprint density at radius 2 is 1.75 bits per heavy atom. The smallest absolute Gasteiger partial charge is 0.187 e. The number of hydrogen-bond donors (Lipinski definition) is 1. The zero-order chi connectivity index (χ0) is 25.9. The predicted molar refractivity (Wildman–Crippen MR) is 147 cm³/mol. The number of hydrogen-bond acceptors (Lipinski definition) is 4. The highest BCUT2D eigenvalue weighted by Crippen LogP contribution is 2.39. The second kappa shape index (κ2) is 11.1. The van der Waals surface area contributed by atoms with E-state index in [2.05, 4.69) is 33.7 Å². The molecule has 0 aliphatic carbocycles. The summed E-state index contributed by atoms with van der Waals surface area (Å²) in [6, 6.07) is 21.8. The van der Waals surface area contributed by atoms with E-state index >= 15 is 0 Å². The lowest BCUT2D eigenvalue weighted by atomic mass is 9.98. The average Bonchev–Trinajstić information content (AvgIpc) is 2.87. The summed E-state index contributed by atoms with van der Waals surface area (Å²) in [6.07, 6.45) is 0. The van der Waals surface area contributed by atoms with Crippen LogP contribution >= 0.6 is 23.2 Å². The SMILES string of the molecule is [C-]#[N+]c1ccc([C@@H](C)N2CCN(c3ccc(OCC(C)(C)O)cc3Cl)[C@H](c3ccc(Cl)cc3)C2)cc1. The summed E-state index contributed by atoms with van der Waals surface area (Å²) in [4.78, 5) is 8.32. The summed E-state index contributed by atoms with van der Waals surface area (Å²) >= 11 is 13.0. The summed E-state index contributed by atoms with van der Waals surface area (Å²) in [5, 5.41) is 11.3. The number of benzene rings is 3. The van der Waals surface area contributed by atoms with Crippen LogP contribution in [0.25, 0.3) is 4.85 Å². The molecular weight excluding hydrogens is 493 g/mol. The van der Waals surface area contributed by atoms with Crippen LogP contribution in [0.3, 0.4) is 0 Å². The molecule has 1 heterocycles. The lowest BCUT2D eigenvalue weighted by Crippen LogP contribution is -2.49. The molecule has 7 heteroatoms. The molecule has 0 saturated carbocycles. The molecule has 0 spiro atoms. The van der Waals surface area contributed by atoms with E-state index < -0.39 is 5.60 Å². The van der Waals surface area contributed by atoms with E-state index in [9.17, 15) is 5.11 Å². The molecule has 188 valence electrons. The quantitative estimate of drug-likeness (QED) is 0.329. The molecule has 1 saturated heterocycles. The largest absolute Gasteiger partial charge is 0.491 e. The lowest BCUT2D eigenvalue weighted by molar-refractivity contribution is 0.0285. The van der Waals surface area contributed by atoms with E-state index in [4.69, 9.17) is 34.5 Å². The van der Waals surface area contributed by atoms with Gasteiger partial charge in [-0.05, 0) is 56.2 Å². The zero-order valence-electron chi connectivity index (χ0n) is 20.8. The van der Waals surface area contributed by atoms with Crippen LogP contribution in [-0.2, 0) is 0 Å². The molecular formula is C29H31Cl2N3O2. The fraction of sp³-hybridized carbons (Fsp3) is 0.345. The lowest BCUT2D eigenvalue weighted by Gasteiger charge is -2.45. The monoisotopic (exact) mass is 523 g/mol. The first-order valence-electron chi connectivity index (χ1n) is 12.0. The van der Waals surface area contributed by atoms with Crippen LogP contribution in [0, 0.1) is 6.57 Å². The maximum Gasteiger partial charge on any atom is 0.187 e. The van der Waals surface area contributed by atoms with Crippen LogP contribution in [0.2, 0.25) is 10.0 Å². The van der Waals surface area contributed by atoms with Gasteiger partial charge in [-0.15, -0.1) is 0 Å². The molecule has 0 amide bonds. The average molecular weight is 524 g/mol. The van der Waals surface area contributed by atoms with E-state index in [0.717, 1.165) is 30.9 Å². The van der Waals surface area contributed by atoms with E-state index in [0.29, 0.717) is 21.5 Å². The second-order valence-electron chi connectivity index (χ2n) is 9.85. The van der Waals surface area contributed by atoms with Crippen molar-refractivity contribution in [2.45, 2.75) is 38.5 Å². The molecule has 4 rings (SSSR count). The molecule has 1 N–H and O–H groups in total. The Kier molecular flexibility index (Phi) is 8.12. The van der Waals surface area contributed by atoms with Crippen molar-refractivity contribution in [1.29, 1.82) is 0 Å². The number of ether oxygens (including phenoxy) is 1. The molecule has 0 aromatic heterocycles. The molecule has 36 heavy (non-hydrogen) atoms. The number of aliphatic hydroxyl groups is 1. The maximum atomic E-state index is 9.97. The normalized spacial score (nSPS) is 17.5.